The van der Waals surface area contributed by atoms with Gasteiger partial charge < -0.3 is 9.84 Å². The Morgan fingerprint density at radius 2 is 1.88 bits per heavy atom. The third-order valence-electron chi connectivity index (χ3n) is 2.14. The molecule has 0 saturated heterocycles. The van der Waals surface area contributed by atoms with E-state index in [1.54, 1.807) is 6.08 Å². The van der Waals surface area contributed by atoms with E-state index in [-0.39, 0.29) is 5.75 Å². The summed E-state index contributed by atoms with van der Waals surface area (Å²) in [6.07, 6.45) is -2.59. The largest absolute Gasteiger partial charge is 0.573 e. The lowest BCUT2D eigenvalue weighted by atomic mass is 10.1. The first kappa shape index (κ1) is 13.6. The molecule has 1 N–H and O–H groups in total. The minimum absolute atomic E-state index is 0.294. The van der Waals surface area contributed by atoms with E-state index in [1.807, 2.05) is 0 Å². The molecule has 0 aliphatic rings. The van der Waals surface area contributed by atoms with E-state index in [4.69, 9.17) is 0 Å². The normalized spacial score (nSPS) is 13.2. The second kappa shape index (κ2) is 5.72. The van der Waals surface area contributed by atoms with Crippen LogP contribution in [0.25, 0.3) is 0 Å². The van der Waals surface area contributed by atoms with Gasteiger partial charge in [0.05, 0.1) is 6.10 Å². The Kier molecular flexibility index (Phi) is 4.57. The summed E-state index contributed by atoms with van der Waals surface area (Å²) >= 11 is 0. The molecular formula is C12H13F3O2. The van der Waals surface area contributed by atoms with E-state index in [9.17, 15) is 18.3 Å². The smallest absolute Gasteiger partial charge is 0.406 e. The molecule has 0 spiro atoms. The summed E-state index contributed by atoms with van der Waals surface area (Å²) in [5.74, 6) is -0.294. The van der Waals surface area contributed by atoms with Crippen LogP contribution in [0.1, 0.15) is 24.5 Å². The molecule has 1 aromatic carbocycles. The lowest BCUT2D eigenvalue weighted by Gasteiger charge is -2.12. The van der Waals surface area contributed by atoms with E-state index in [0.29, 0.717) is 18.4 Å². The van der Waals surface area contributed by atoms with Gasteiger partial charge >= 0.3 is 6.36 Å². The van der Waals surface area contributed by atoms with Crippen molar-refractivity contribution in [2.75, 3.05) is 0 Å². The Morgan fingerprint density at radius 3 is 2.35 bits per heavy atom. The fraction of sp³-hybridized carbons (Fsp3) is 0.333. The van der Waals surface area contributed by atoms with Gasteiger partial charge in [0, 0.05) is 0 Å². The monoisotopic (exact) mass is 246 g/mol. The first-order valence-electron chi connectivity index (χ1n) is 5.07. The van der Waals surface area contributed by atoms with Crippen LogP contribution in [0.15, 0.2) is 36.9 Å². The van der Waals surface area contributed by atoms with E-state index in [0.717, 1.165) is 0 Å². The number of alkyl halides is 3. The predicted molar refractivity (Wildman–Crippen MR) is 57.5 cm³/mol. The molecule has 1 rings (SSSR count). The molecule has 0 aliphatic carbocycles. The molecule has 0 aliphatic heterocycles. The predicted octanol–water partition coefficient (Wildman–Crippen LogP) is 3.58. The van der Waals surface area contributed by atoms with Crippen molar-refractivity contribution in [2.45, 2.75) is 25.3 Å². The summed E-state index contributed by atoms with van der Waals surface area (Å²) < 4.78 is 39.4. The van der Waals surface area contributed by atoms with Gasteiger partial charge in [-0.1, -0.05) is 18.2 Å². The number of ether oxygens (including phenoxy) is 1. The molecule has 0 bridgehead atoms. The van der Waals surface area contributed by atoms with Crippen molar-refractivity contribution in [1.82, 2.24) is 0 Å². The molecule has 0 saturated carbocycles. The third-order valence-corrected chi connectivity index (χ3v) is 2.14. The summed E-state index contributed by atoms with van der Waals surface area (Å²) in [5.41, 5.74) is 0.557. The molecule has 1 unspecified atom stereocenters. The highest BCUT2D eigenvalue weighted by molar-refractivity contribution is 5.28. The highest BCUT2D eigenvalue weighted by atomic mass is 19.4. The molecule has 0 fully saturated rings. The zero-order valence-electron chi connectivity index (χ0n) is 9.07. The molecule has 2 nitrogen and oxygen atoms in total. The molecule has 1 atom stereocenters. The van der Waals surface area contributed by atoms with Crippen LogP contribution in [0.4, 0.5) is 13.2 Å². The van der Waals surface area contributed by atoms with Gasteiger partial charge in [0.2, 0.25) is 0 Å². The van der Waals surface area contributed by atoms with Gasteiger partial charge in [-0.25, -0.2) is 0 Å². The van der Waals surface area contributed by atoms with Crippen molar-refractivity contribution in [3.05, 3.63) is 42.5 Å². The average molecular weight is 246 g/mol. The molecule has 0 aromatic heterocycles. The van der Waals surface area contributed by atoms with Crippen LogP contribution < -0.4 is 4.74 Å². The molecular weight excluding hydrogens is 233 g/mol. The van der Waals surface area contributed by atoms with Crippen LogP contribution in [0.2, 0.25) is 0 Å². The van der Waals surface area contributed by atoms with E-state index < -0.39 is 12.5 Å². The summed E-state index contributed by atoms with van der Waals surface area (Å²) in [5, 5.41) is 9.66. The second-order valence-corrected chi connectivity index (χ2v) is 3.50. The summed E-state index contributed by atoms with van der Waals surface area (Å²) in [6, 6.07) is 5.18. The number of allylic oxidation sites excluding steroid dienone is 1. The van der Waals surface area contributed by atoms with Crippen LogP contribution in [0.5, 0.6) is 5.75 Å². The quantitative estimate of drug-likeness (QED) is 0.804. The van der Waals surface area contributed by atoms with Gasteiger partial charge in [-0.3, -0.25) is 0 Å². The Labute approximate surface area is 97.3 Å². The maximum absolute atomic E-state index is 11.9. The van der Waals surface area contributed by atoms with Gasteiger partial charge in [-0.15, -0.1) is 19.8 Å². The highest BCUT2D eigenvalue weighted by Crippen LogP contribution is 2.25. The Bertz CT molecular complexity index is 357. The van der Waals surface area contributed by atoms with Crippen molar-refractivity contribution in [2.24, 2.45) is 0 Å². The lowest BCUT2D eigenvalue weighted by molar-refractivity contribution is -0.274. The maximum atomic E-state index is 11.9. The topological polar surface area (TPSA) is 29.5 Å². The highest BCUT2D eigenvalue weighted by Gasteiger charge is 2.30. The fourth-order valence-corrected chi connectivity index (χ4v) is 1.33. The molecule has 17 heavy (non-hydrogen) atoms. The zero-order valence-corrected chi connectivity index (χ0v) is 9.07. The van der Waals surface area contributed by atoms with Crippen LogP contribution in [0, 0.1) is 0 Å². The third kappa shape index (κ3) is 4.91. The van der Waals surface area contributed by atoms with Crippen molar-refractivity contribution in [3.63, 3.8) is 0 Å². The van der Waals surface area contributed by atoms with Crippen LogP contribution >= 0.6 is 0 Å². The first-order valence-corrected chi connectivity index (χ1v) is 5.07. The number of halogens is 3. The zero-order chi connectivity index (χ0) is 12.9. The van der Waals surface area contributed by atoms with E-state index in [2.05, 4.69) is 11.3 Å². The van der Waals surface area contributed by atoms with Crippen LogP contribution in [0.3, 0.4) is 0 Å². The van der Waals surface area contributed by atoms with Gasteiger partial charge in [0.25, 0.3) is 0 Å². The number of aliphatic hydroxyl groups is 1. The second-order valence-electron chi connectivity index (χ2n) is 3.50. The van der Waals surface area contributed by atoms with Gasteiger partial charge in [0.15, 0.2) is 0 Å². The first-order chi connectivity index (χ1) is 7.92. The van der Waals surface area contributed by atoms with Crippen molar-refractivity contribution in [3.8, 4) is 5.75 Å². The molecule has 0 radical (unpaired) electrons. The number of hydrogen-bond acceptors (Lipinski definition) is 2. The van der Waals surface area contributed by atoms with Gasteiger partial charge in [-0.05, 0) is 30.5 Å². The van der Waals surface area contributed by atoms with Crippen molar-refractivity contribution < 1.29 is 23.0 Å². The standard InChI is InChI=1S/C12H13F3O2/c1-2-3-4-11(16)9-5-7-10(8-6-9)17-12(13,14)15/h2,5-8,11,16H,1,3-4H2. The average Bonchev–Trinajstić information content (AvgIpc) is 2.24. The Balaban J connectivity index is 2.64. The summed E-state index contributed by atoms with van der Waals surface area (Å²) in [4.78, 5) is 0. The number of aliphatic hydroxyl groups excluding tert-OH is 1. The Hall–Kier alpha value is -1.49. The van der Waals surface area contributed by atoms with E-state index >= 15 is 0 Å². The van der Waals surface area contributed by atoms with Crippen molar-refractivity contribution in [1.29, 1.82) is 0 Å². The molecule has 1 aromatic rings. The number of hydrogen-bond donors (Lipinski definition) is 1. The summed E-state index contributed by atoms with van der Waals surface area (Å²) in [7, 11) is 0. The number of benzene rings is 1. The molecule has 0 heterocycles. The van der Waals surface area contributed by atoms with Gasteiger partial charge in [0.1, 0.15) is 5.75 Å². The molecule has 5 heteroatoms. The summed E-state index contributed by atoms with van der Waals surface area (Å²) in [6.45, 7) is 3.52. The minimum Gasteiger partial charge on any atom is -0.406 e. The molecule has 0 amide bonds. The van der Waals surface area contributed by atoms with Gasteiger partial charge in [-0.2, -0.15) is 0 Å². The maximum Gasteiger partial charge on any atom is 0.573 e. The van der Waals surface area contributed by atoms with E-state index in [1.165, 1.54) is 24.3 Å². The van der Waals surface area contributed by atoms with Crippen LogP contribution in [-0.4, -0.2) is 11.5 Å². The SMILES string of the molecule is C=CCCC(O)c1ccc(OC(F)(F)F)cc1. The van der Waals surface area contributed by atoms with Crippen LogP contribution in [-0.2, 0) is 0 Å². The minimum atomic E-state index is -4.69. The fourth-order valence-electron chi connectivity index (χ4n) is 1.33. The Morgan fingerprint density at radius 1 is 1.29 bits per heavy atom. The molecule has 94 valence electrons. The number of rotatable bonds is 5. The van der Waals surface area contributed by atoms with Crippen molar-refractivity contribution >= 4 is 0 Å². The lowest BCUT2D eigenvalue weighted by Crippen LogP contribution is -2.17.